The molecule has 0 saturated heterocycles. The third-order valence-electron chi connectivity index (χ3n) is 8.51. The molecule has 7 nitrogen and oxygen atoms in total. The van der Waals surface area contributed by atoms with E-state index in [-0.39, 0.29) is 11.9 Å². The summed E-state index contributed by atoms with van der Waals surface area (Å²) in [5.74, 6) is 1.01. The van der Waals surface area contributed by atoms with Gasteiger partial charge in [0.15, 0.2) is 0 Å². The van der Waals surface area contributed by atoms with Crippen molar-refractivity contribution in [2.75, 3.05) is 6.54 Å². The lowest BCUT2D eigenvalue weighted by Crippen LogP contribution is -2.33. The Hall–Kier alpha value is -4.36. The normalized spacial score (nSPS) is 14.7. The van der Waals surface area contributed by atoms with Gasteiger partial charge in [0.2, 0.25) is 0 Å². The molecule has 1 amide bonds. The summed E-state index contributed by atoms with van der Waals surface area (Å²) in [6.45, 7) is 5.97. The fourth-order valence-corrected chi connectivity index (χ4v) is 6.33. The molecule has 0 fully saturated rings. The molecule has 42 heavy (non-hydrogen) atoms. The first kappa shape index (κ1) is 27.8. The van der Waals surface area contributed by atoms with Crippen LogP contribution in [0.25, 0.3) is 11.0 Å². The van der Waals surface area contributed by atoms with Crippen molar-refractivity contribution in [1.29, 1.82) is 0 Å². The zero-order chi connectivity index (χ0) is 29.1. The monoisotopic (exact) mass is 558 g/mol. The van der Waals surface area contributed by atoms with E-state index in [1.54, 1.807) is 6.20 Å². The lowest BCUT2D eigenvalue weighted by atomic mass is 9.90. The van der Waals surface area contributed by atoms with E-state index >= 15 is 0 Å². The Balaban J connectivity index is 1.22. The average Bonchev–Trinajstić information content (AvgIpc) is 3.33. The fraction of sp³-hybridized carbons (Fsp3) is 0.314. The third-order valence-corrected chi connectivity index (χ3v) is 8.51. The number of pyridine rings is 2. The zero-order valence-corrected chi connectivity index (χ0v) is 24.7. The summed E-state index contributed by atoms with van der Waals surface area (Å²) in [4.78, 5) is 29.7. The van der Waals surface area contributed by atoms with Crippen molar-refractivity contribution in [2.24, 2.45) is 7.05 Å². The van der Waals surface area contributed by atoms with Crippen LogP contribution in [0.3, 0.4) is 0 Å². The number of aromatic nitrogens is 4. The smallest absolute Gasteiger partial charge is 0.253 e. The van der Waals surface area contributed by atoms with Crippen molar-refractivity contribution in [3.05, 3.63) is 124 Å². The first-order chi connectivity index (χ1) is 20.5. The highest BCUT2D eigenvalue weighted by Gasteiger charge is 2.27. The van der Waals surface area contributed by atoms with E-state index in [2.05, 4.69) is 81.4 Å². The number of para-hydroxylation sites is 2. The quantitative estimate of drug-likeness (QED) is 0.239. The number of benzene rings is 2. The maximum atomic E-state index is 13.0. The van der Waals surface area contributed by atoms with E-state index in [9.17, 15) is 4.79 Å². The number of hydrogen-bond donors (Lipinski definition) is 1. The molecule has 3 aromatic heterocycles. The number of amides is 1. The van der Waals surface area contributed by atoms with Crippen LogP contribution in [-0.2, 0) is 33.0 Å². The first-order valence-electron chi connectivity index (χ1n) is 14.8. The van der Waals surface area contributed by atoms with Gasteiger partial charge in [0.25, 0.3) is 5.91 Å². The molecule has 0 radical (unpaired) electrons. The summed E-state index contributed by atoms with van der Waals surface area (Å²) in [6, 6.07) is 23.3. The molecule has 6 rings (SSSR count). The molecule has 1 atom stereocenters. The molecule has 3 heterocycles. The molecule has 0 spiro atoms. The van der Waals surface area contributed by atoms with Gasteiger partial charge < -0.3 is 9.88 Å². The second kappa shape index (κ2) is 12.2. The molecule has 214 valence electrons. The molecule has 1 aliphatic rings. The zero-order valence-electron chi connectivity index (χ0n) is 24.7. The Labute approximate surface area is 247 Å². The molecular formula is C35H38N6O. The highest BCUT2D eigenvalue weighted by molar-refractivity contribution is 5.96. The summed E-state index contributed by atoms with van der Waals surface area (Å²) < 4.78 is 2.22. The van der Waals surface area contributed by atoms with Gasteiger partial charge in [-0.25, -0.2) is 4.98 Å². The molecule has 0 aliphatic heterocycles. The standard InChI is InChI=1S/C35H38N6O/c1-24-16-19-36-25(2)33(24)35(42)38-22-26-9-6-10-27(21-26)23-41(31-15-7-11-28-12-8-18-37-34(28)31)20-17-32-39-29-13-4-5-14-30(29)40(32)3/h4-6,8-10,12-14,16,18-19,21,31H,7,11,15,17,20,22-23H2,1-3H3,(H,38,42). The van der Waals surface area contributed by atoms with E-state index in [4.69, 9.17) is 9.97 Å². The lowest BCUT2D eigenvalue weighted by Gasteiger charge is -2.35. The Morgan fingerprint density at radius 1 is 1.00 bits per heavy atom. The fourth-order valence-electron chi connectivity index (χ4n) is 6.33. The van der Waals surface area contributed by atoms with Crippen molar-refractivity contribution in [3.63, 3.8) is 0 Å². The van der Waals surface area contributed by atoms with E-state index in [0.717, 1.165) is 72.5 Å². The van der Waals surface area contributed by atoms with Gasteiger partial charge in [0, 0.05) is 45.5 Å². The van der Waals surface area contributed by atoms with E-state index in [0.29, 0.717) is 12.1 Å². The van der Waals surface area contributed by atoms with E-state index in [1.165, 1.54) is 16.8 Å². The Bertz CT molecular complexity index is 1700. The Kier molecular flexibility index (Phi) is 8.11. The number of imidazole rings is 1. The Morgan fingerprint density at radius 3 is 2.71 bits per heavy atom. The van der Waals surface area contributed by atoms with Gasteiger partial charge in [0.1, 0.15) is 5.82 Å². The predicted molar refractivity (Wildman–Crippen MR) is 166 cm³/mol. The predicted octanol–water partition coefficient (Wildman–Crippen LogP) is 6.03. The van der Waals surface area contributed by atoms with E-state index < -0.39 is 0 Å². The number of nitrogens with zero attached hydrogens (tertiary/aromatic N) is 5. The van der Waals surface area contributed by atoms with Crippen molar-refractivity contribution in [1.82, 2.24) is 29.7 Å². The van der Waals surface area contributed by atoms with Crippen LogP contribution >= 0.6 is 0 Å². The third kappa shape index (κ3) is 5.83. The summed E-state index contributed by atoms with van der Waals surface area (Å²) in [7, 11) is 2.11. The topological polar surface area (TPSA) is 75.9 Å². The lowest BCUT2D eigenvalue weighted by molar-refractivity contribution is 0.0949. The van der Waals surface area contributed by atoms with E-state index in [1.807, 2.05) is 32.2 Å². The van der Waals surface area contributed by atoms with Crippen LogP contribution in [0.4, 0.5) is 0 Å². The van der Waals surface area contributed by atoms with Crippen LogP contribution < -0.4 is 5.32 Å². The van der Waals surface area contributed by atoms with Crippen LogP contribution in [0.5, 0.6) is 0 Å². The molecular weight excluding hydrogens is 520 g/mol. The second-order valence-electron chi connectivity index (χ2n) is 11.3. The number of fused-ring (bicyclic) bond motifs is 2. The minimum Gasteiger partial charge on any atom is -0.348 e. The van der Waals surface area contributed by atoms with Crippen molar-refractivity contribution < 1.29 is 4.79 Å². The number of nitrogens with one attached hydrogen (secondary N) is 1. The number of carbonyl (C=O) groups excluding carboxylic acids is 1. The first-order valence-corrected chi connectivity index (χ1v) is 14.8. The van der Waals surface area contributed by atoms with Gasteiger partial charge >= 0.3 is 0 Å². The number of aryl methyl sites for hydroxylation is 4. The van der Waals surface area contributed by atoms with Crippen LogP contribution in [0.2, 0.25) is 0 Å². The van der Waals surface area contributed by atoms with Crippen LogP contribution in [0.15, 0.2) is 79.1 Å². The molecule has 1 aliphatic carbocycles. The molecule has 1 N–H and O–H groups in total. The minimum absolute atomic E-state index is 0.0857. The van der Waals surface area contributed by atoms with Gasteiger partial charge in [0.05, 0.1) is 34.0 Å². The average molecular weight is 559 g/mol. The van der Waals surface area contributed by atoms with Gasteiger partial charge in [-0.1, -0.05) is 42.5 Å². The summed E-state index contributed by atoms with van der Waals surface area (Å²) in [6.07, 6.45) is 7.85. The second-order valence-corrected chi connectivity index (χ2v) is 11.3. The largest absolute Gasteiger partial charge is 0.348 e. The number of rotatable bonds is 9. The van der Waals surface area contributed by atoms with Crippen LogP contribution in [-0.4, -0.2) is 36.9 Å². The van der Waals surface area contributed by atoms with Crippen molar-refractivity contribution >= 4 is 16.9 Å². The highest BCUT2D eigenvalue weighted by Crippen LogP contribution is 2.34. The van der Waals surface area contributed by atoms with Crippen molar-refractivity contribution in [2.45, 2.75) is 58.7 Å². The summed E-state index contributed by atoms with van der Waals surface area (Å²) in [5.41, 5.74) is 9.42. The van der Waals surface area contributed by atoms with Gasteiger partial charge in [-0.3, -0.25) is 19.7 Å². The maximum Gasteiger partial charge on any atom is 0.253 e. The number of carbonyl (C=O) groups is 1. The summed E-state index contributed by atoms with van der Waals surface area (Å²) >= 11 is 0. The SMILES string of the molecule is Cc1ccnc(C)c1C(=O)NCc1cccc(CN(CCc2nc3ccccc3n2C)C2CCCc3cccnc32)c1. The highest BCUT2D eigenvalue weighted by atomic mass is 16.1. The molecule has 5 aromatic rings. The minimum atomic E-state index is -0.0857. The molecule has 1 unspecified atom stereocenters. The molecule has 7 heteroatoms. The van der Waals surface area contributed by atoms with Gasteiger partial charge in [-0.15, -0.1) is 0 Å². The van der Waals surface area contributed by atoms with Gasteiger partial charge in [-0.05, 0) is 79.6 Å². The molecule has 0 saturated carbocycles. The van der Waals surface area contributed by atoms with Crippen LogP contribution in [0.1, 0.15) is 68.7 Å². The molecule has 2 aromatic carbocycles. The maximum absolute atomic E-state index is 13.0. The van der Waals surface area contributed by atoms with Crippen molar-refractivity contribution in [3.8, 4) is 0 Å². The van der Waals surface area contributed by atoms with Crippen LogP contribution in [0, 0.1) is 13.8 Å². The molecule has 0 bridgehead atoms. The van der Waals surface area contributed by atoms with Gasteiger partial charge in [-0.2, -0.15) is 0 Å². The Morgan fingerprint density at radius 2 is 1.86 bits per heavy atom. The summed E-state index contributed by atoms with van der Waals surface area (Å²) in [5, 5.41) is 3.11. The number of hydrogen-bond acceptors (Lipinski definition) is 5.